The van der Waals surface area contributed by atoms with Crippen LogP contribution in [0, 0.1) is 34.9 Å². The van der Waals surface area contributed by atoms with Crippen LogP contribution in [0.5, 0.6) is 11.5 Å². The summed E-state index contributed by atoms with van der Waals surface area (Å²) in [5.74, 6) is -4.56. The average molecular weight is 653 g/mol. The largest absolute Gasteiger partial charge is 0.489 e. The van der Waals surface area contributed by atoms with Crippen molar-refractivity contribution in [2.75, 3.05) is 0 Å². The van der Waals surface area contributed by atoms with E-state index in [9.17, 15) is 26.3 Å². The van der Waals surface area contributed by atoms with Gasteiger partial charge in [0.25, 0.3) is 0 Å². The van der Waals surface area contributed by atoms with Crippen molar-refractivity contribution in [2.45, 2.75) is 26.4 Å². The van der Waals surface area contributed by atoms with Gasteiger partial charge in [0.1, 0.15) is 84.2 Å². The molecule has 0 aliphatic carbocycles. The summed E-state index contributed by atoms with van der Waals surface area (Å²) in [7, 11) is 0. The van der Waals surface area contributed by atoms with E-state index in [2.05, 4.69) is 10.3 Å². The van der Waals surface area contributed by atoms with Crippen LogP contribution in [0.25, 0.3) is 22.5 Å². The van der Waals surface area contributed by atoms with Gasteiger partial charge in [-0.2, -0.15) is 0 Å². The SMILES string of the molecule is Fc1cc(F)c(COc2ccc(-c3cc(COCc4cc(-c5ccc(OCc6c(F)cc(F)cc6F)cc5)no4)on3)cc2)c(F)c1. The van der Waals surface area contributed by atoms with Gasteiger partial charge in [0.15, 0.2) is 11.5 Å². The third-order valence-corrected chi connectivity index (χ3v) is 6.88. The van der Waals surface area contributed by atoms with Crippen molar-refractivity contribution < 1.29 is 49.6 Å². The zero-order valence-electron chi connectivity index (χ0n) is 24.1. The van der Waals surface area contributed by atoms with Crippen molar-refractivity contribution in [1.29, 1.82) is 0 Å². The predicted octanol–water partition coefficient (Wildman–Crippen LogP) is 8.71. The lowest BCUT2D eigenvalue weighted by Crippen LogP contribution is -2.03. The minimum absolute atomic E-state index is 0.0836. The molecule has 0 atom stereocenters. The quantitative estimate of drug-likeness (QED) is 0.122. The molecule has 0 N–H and O–H groups in total. The minimum Gasteiger partial charge on any atom is -0.489 e. The second kappa shape index (κ2) is 13.8. The van der Waals surface area contributed by atoms with Gasteiger partial charge in [-0.3, -0.25) is 0 Å². The number of halogens is 6. The summed E-state index contributed by atoms with van der Waals surface area (Å²) in [5.41, 5.74) is 1.67. The highest BCUT2D eigenvalue weighted by atomic mass is 19.2. The van der Waals surface area contributed by atoms with Gasteiger partial charge >= 0.3 is 0 Å². The Balaban J connectivity index is 0.973. The van der Waals surface area contributed by atoms with E-state index in [1.807, 2.05) is 0 Å². The first-order chi connectivity index (χ1) is 22.7. The first-order valence-corrected chi connectivity index (χ1v) is 13.9. The summed E-state index contributed by atoms with van der Waals surface area (Å²) >= 11 is 0. The zero-order chi connectivity index (χ0) is 32.9. The van der Waals surface area contributed by atoms with Crippen molar-refractivity contribution in [3.63, 3.8) is 0 Å². The minimum atomic E-state index is -1.03. The fraction of sp³-hybridized carbons (Fsp3) is 0.118. The van der Waals surface area contributed by atoms with Crippen LogP contribution in [-0.4, -0.2) is 10.3 Å². The summed E-state index contributed by atoms with van der Waals surface area (Å²) in [6, 6.07) is 18.9. The Morgan fingerprint density at radius 3 is 1.19 bits per heavy atom. The second-order valence-corrected chi connectivity index (χ2v) is 10.2. The average Bonchev–Trinajstić information content (AvgIpc) is 3.71. The molecule has 7 nitrogen and oxygen atoms in total. The lowest BCUT2D eigenvalue weighted by atomic mass is 10.1. The molecule has 6 aromatic rings. The molecule has 0 aliphatic rings. The van der Waals surface area contributed by atoms with Crippen LogP contribution in [0.15, 0.2) is 94.0 Å². The molecule has 0 unspecified atom stereocenters. The van der Waals surface area contributed by atoms with Crippen molar-refractivity contribution in [3.05, 3.63) is 142 Å². The van der Waals surface area contributed by atoms with E-state index in [4.69, 9.17) is 23.3 Å². The smallest absolute Gasteiger partial charge is 0.163 e. The summed E-state index contributed by atoms with van der Waals surface area (Å²) in [4.78, 5) is 0. The molecule has 2 aromatic heterocycles. The Morgan fingerprint density at radius 2 is 0.830 bits per heavy atom. The van der Waals surface area contributed by atoms with Crippen LogP contribution >= 0.6 is 0 Å². The van der Waals surface area contributed by atoms with Gasteiger partial charge in [0.05, 0.1) is 11.1 Å². The van der Waals surface area contributed by atoms with Gasteiger partial charge in [-0.25, -0.2) is 26.3 Å². The molecular formula is C34H22F6N2O5. The van der Waals surface area contributed by atoms with Gasteiger partial charge in [0, 0.05) is 47.5 Å². The summed E-state index contributed by atoms with van der Waals surface area (Å²) < 4.78 is 109. The van der Waals surface area contributed by atoms with Gasteiger partial charge in [-0.05, 0) is 48.5 Å². The van der Waals surface area contributed by atoms with E-state index in [0.29, 0.717) is 69.8 Å². The Kier molecular flexibility index (Phi) is 9.25. The third kappa shape index (κ3) is 7.64. The van der Waals surface area contributed by atoms with Crippen molar-refractivity contribution in [1.82, 2.24) is 10.3 Å². The molecule has 0 radical (unpaired) electrons. The maximum atomic E-state index is 13.8. The van der Waals surface area contributed by atoms with Crippen molar-refractivity contribution in [3.8, 4) is 34.0 Å². The van der Waals surface area contributed by atoms with Gasteiger partial charge in [-0.1, -0.05) is 10.3 Å². The fourth-order valence-electron chi connectivity index (χ4n) is 4.46. The second-order valence-electron chi connectivity index (χ2n) is 10.2. The van der Waals surface area contributed by atoms with Gasteiger partial charge in [0.2, 0.25) is 0 Å². The molecular weight excluding hydrogens is 630 g/mol. The number of nitrogens with zero attached hydrogens (tertiary/aromatic N) is 2. The van der Waals surface area contributed by atoms with E-state index in [1.54, 1.807) is 60.7 Å². The molecule has 0 aliphatic heterocycles. The van der Waals surface area contributed by atoms with E-state index in [-0.39, 0.29) is 24.3 Å². The summed E-state index contributed by atoms with van der Waals surface area (Å²) in [6.45, 7) is -0.660. The molecule has 0 spiro atoms. The van der Waals surface area contributed by atoms with Crippen molar-refractivity contribution >= 4 is 0 Å². The lowest BCUT2D eigenvalue weighted by molar-refractivity contribution is 0.0727. The third-order valence-electron chi connectivity index (χ3n) is 6.88. The number of hydrogen-bond donors (Lipinski definition) is 0. The first-order valence-electron chi connectivity index (χ1n) is 13.9. The standard InChI is InChI=1S/C34H22F6N2O5/c35-21-9-29(37)27(30(38)10-21)17-44-23-5-1-19(2-6-23)33-13-25(46-41-33)15-43-16-26-14-34(42-47-26)20-3-7-24(8-4-20)45-18-28-31(39)11-22(36)12-32(28)40/h1-14H,15-18H2. The Labute approximate surface area is 262 Å². The number of rotatable bonds is 12. The highest BCUT2D eigenvalue weighted by molar-refractivity contribution is 5.60. The highest BCUT2D eigenvalue weighted by Crippen LogP contribution is 2.26. The Morgan fingerprint density at radius 1 is 0.468 bits per heavy atom. The number of ether oxygens (including phenoxy) is 3. The fourth-order valence-corrected chi connectivity index (χ4v) is 4.46. The molecule has 0 saturated carbocycles. The topological polar surface area (TPSA) is 79.8 Å². The number of benzene rings is 4. The molecule has 47 heavy (non-hydrogen) atoms. The van der Waals surface area contributed by atoms with E-state index >= 15 is 0 Å². The van der Waals surface area contributed by atoms with Crippen LogP contribution in [0.3, 0.4) is 0 Å². The maximum Gasteiger partial charge on any atom is 0.163 e. The monoisotopic (exact) mass is 652 g/mol. The molecule has 6 rings (SSSR count). The van der Waals surface area contributed by atoms with Crippen LogP contribution in [0.1, 0.15) is 22.6 Å². The lowest BCUT2D eigenvalue weighted by Gasteiger charge is -2.08. The van der Waals surface area contributed by atoms with Crippen LogP contribution < -0.4 is 9.47 Å². The molecule has 0 amide bonds. The normalized spacial score (nSPS) is 11.2. The first kappa shape index (κ1) is 31.4. The van der Waals surface area contributed by atoms with E-state index in [1.165, 1.54) is 0 Å². The Hall–Kier alpha value is -5.56. The summed E-state index contributed by atoms with van der Waals surface area (Å²) in [5, 5.41) is 8.06. The molecule has 0 saturated heterocycles. The molecule has 240 valence electrons. The van der Waals surface area contributed by atoms with Crippen LogP contribution in [0.2, 0.25) is 0 Å². The number of hydrogen-bond acceptors (Lipinski definition) is 7. The molecule has 2 heterocycles. The summed E-state index contributed by atoms with van der Waals surface area (Å²) in [6.07, 6.45) is 0. The zero-order valence-corrected chi connectivity index (χ0v) is 24.1. The van der Waals surface area contributed by atoms with E-state index < -0.39 is 48.1 Å². The Bertz CT molecular complexity index is 1800. The van der Waals surface area contributed by atoms with Crippen LogP contribution in [0.4, 0.5) is 26.3 Å². The van der Waals surface area contributed by atoms with E-state index in [0.717, 1.165) is 0 Å². The number of aromatic nitrogens is 2. The molecule has 0 bridgehead atoms. The van der Waals surface area contributed by atoms with Crippen LogP contribution in [-0.2, 0) is 31.2 Å². The predicted molar refractivity (Wildman–Crippen MR) is 154 cm³/mol. The molecule has 4 aromatic carbocycles. The van der Waals surface area contributed by atoms with Crippen molar-refractivity contribution in [2.24, 2.45) is 0 Å². The highest BCUT2D eigenvalue weighted by Gasteiger charge is 2.15. The van der Waals surface area contributed by atoms with Gasteiger partial charge < -0.3 is 23.3 Å². The van der Waals surface area contributed by atoms with Gasteiger partial charge in [-0.15, -0.1) is 0 Å². The molecule has 0 fully saturated rings. The maximum absolute atomic E-state index is 13.8. The molecule has 13 heteroatoms.